The zero-order valence-corrected chi connectivity index (χ0v) is 20.6. The number of halogens is 2. The summed E-state index contributed by atoms with van der Waals surface area (Å²) in [6.45, 7) is 1.43. The third kappa shape index (κ3) is 5.27. The van der Waals surface area contributed by atoms with E-state index in [9.17, 15) is 22.0 Å². The van der Waals surface area contributed by atoms with E-state index < -0.39 is 15.8 Å². The maximum Gasteiger partial charge on any atom is 0.243 e. The minimum absolute atomic E-state index is 0.0352. The average Bonchev–Trinajstić information content (AvgIpc) is 3.22. The molecule has 1 saturated heterocycles. The van der Waals surface area contributed by atoms with Gasteiger partial charge in [-0.15, -0.1) is 0 Å². The zero-order chi connectivity index (χ0) is 24.5. The Morgan fingerprint density at radius 3 is 2.35 bits per heavy atom. The normalized spacial score (nSPS) is 15.8. The minimum atomic E-state index is -3.75. The number of hydrogen-bond acceptors (Lipinski definition) is 6. The number of anilines is 1. The summed E-state index contributed by atoms with van der Waals surface area (Å²) in [5.74, 6) is -1.33. The van der Waals surface area contributed by atoms with Crippen LogP contribution in [0.25, 0.3) is 10.2 Å². The van der Waals surface area contributed by atoms with Gasteiger partial charge in [-0.2, -0.15) is 4.31 Å². The number of nitrogens with zero attached hydrogens (tertiary/aromatic N) is 4. The van der Waals surface area contributed by atoms with Gasteiger partial charge in [-0.25, -0.2) is 22.2 Å². The first-order valence-electron chi connectivity index (χ1n) is 10.9. The molecule has 2 aromatic carbocycles. The highest BCUT2D eigenvalue weighted by Gasteiger charge is 2.35. The highest BCUT2D eigenvalue weighted by molar-refractivity contribution is 7.89. The number of likely N-dealkylation sites (N-methyl/N-ethyl adjacent to an activating group) is 1. The van der Waals surface area contributed by atoms with E-state index in [1.54, 1.807) is 11.0 Å². The second-order valence-electron chi connectivity index (χ2n) is 8.53. The molecule has 7 nitrogen and oxygen atoms in total. The fourth-order valence-electron chi connectivity index (χ4n) is 3.92. The molecule has 4 rings (SSSR count). The molecule has 1 amide bonds. The molecule has 1 fully saturated rings. The minimum Gasteiger partial charge on any atom is -0.308 e. The number of carbonyl (C=O) groups excluding carboxylic acids is 1. The second-order valence-corrected chi connectivity index (χ2v) is 11.5. The summed E-state index contributed by atoms with van der Waals surface area (Å²) in [6, 6.07) is 9.09. The van der Waals surface area contributed by atoms with E-state index in [1.165, 1.54) is 39.9 Å². The van der Waals surface area contributed by atoms with Crippen molar-refractivity contribution in [1.82, 2.24) is 14.2 Å². The standard InChI is InChI=1S/C23H26F2N4O3S2/c1-27(2)13-14-29(23-26-20-8-5-18(25)15-21(20)33-23)22(30)16-9-11-28(12-10-16)34(31,32)19-6-3-17(24)4-7-19/h3-8,15-16H,9-14H2,1-2H3. The lowest BCUT2D eigenvalue weighted by Gasteiger charge is -2.33. The number of sulfonamides is 1. The van der Waals surface area contributed by atoms with E-state index >= 15 is 0 Å². The molecule has 0 aliphatic carbocycles. The van der Waals surface area contributed by atoms with E-state index in [-0.39, 0.29) is 35.6 Å². The van der Waals surface area contributed by atoms with Crippen LogP contribution in [0.15, 0.2) is 47.4 Å². The van der Waals surface area contributed by atoms with Crippen molar-refractivity contribution in [2.24, 2.45) is 5.92 Å². The van der Waals surface area contributed by atoms with Crippen molar-refractivity contribution >= 4 is 42.6 Å². The van der Waals surface area contributed by atoms with E-state index in [2.05, 4.69) is 4.98 Å². The number of hydrogen-bond donors (Lipinski definition) is 0. The van der Waals surface area contributed by atoms with Crippen LogP contribution in [0.5, 0.6) is 0 Å². The second kappa shape index (κ2) is 10.0. The Kier molecular flexibility index (Phi) is 7.27. The number of benzene rings is 2. The molecule has 0 unspecified atom stereocenters. The lowest BCUT2D eigenvalue weighted by atomic mass is 9.96. The molecule has 1 aliphatic heterocycles. The molecule has 0 spiro atoms. The highest BCUT2D eigenvalue weighted by atomic mass is 32.2. The molecule has 0 atom stereocenters. The van der Waals surface area contributed by atoms with Crippen LogP contribution >= 0.6 is 11.3 Å². The van der Waals surface area contributed by atoms with Crippen LogP contribution in [0.2, 0.25) is 0 Å². The smallest absolute Gasteiger partial charge is 0.243 e. The van der Waals surface area contributed by atoms with Crippen molar-refractivity contribution in [2.45, 2.75) is 17.7 Å². The maximum absolute atomic E-state index is 13.6. The van der Waals surface area contributed by atoms with Gasteiger partial charge in [0.1, 0.15) is 11.6 Å². The molecule has 0 N–H and O–H groups in total. The predicted molar refractivity (Wildman–Crippen MR) is 128 cm³/mol. The SMILES string of the molecule is CN(C)CCN(C(=O)C1CCN(S(=O)(=O)c2ccc(F)cc2)CC1)c1nc2ccc(F)cc2s1. The number of aromatic nitrogens is 1. The van der Waals surface area contributed by atoms with Crippen LogP contribution in [0.3, 0.4) is 0 Å². The van der Waals surface area contributed by atoms with E-state index in [0.29, 0.717) is 41.3 Å². The lowest BCUT2D eigenvalue weighted by molar-refractivity contribution is -0.123. The summed E-state index contributed by atoms with van der Waals surface area (Å²) >= 11 is 1.27. The molecular weight excluding hydrogens is 482 g/mol. The molecule has 2 heterocycles. The van der Waals surface area contributed by atoms with Gasteiger partial charge in [0.05, 0.1) is 15.1 Å². The summed E-state index contributed by atoms with van der Waals surface area (Å²) in [7, 11) is 0.0698. The highest BCUT2D eigenvalue weighted by Crippen LogP contribution is 2.32. The summed E-state index contributed by atoms with van der Waals surface area (Å²) in [5.41, 5.74) is 0.629. The van der Waals surface area contributed by atoms with Crippen LogP contribution in [0, 0.1) is 17.6 Å². The number of fused-ring (bicyclic) bond motifs is 1. The Morgan fingerprint density at radius 2 is 1.71 bits per heavy atom. The van der Waals surface area contributed by atoms with Gasteiger partial charge in [-0.1, -0.05) is 11.3 Å². The van der Waals surface area contributed by atoms with Crippen molar-refractivity contribution in [2.75, 3.05) is 45.2 Å². The van der Waals surface area contributed by atoms with Gasteiger partial charge >= 0.3 is 0 Å². The van der Waals surface area contributed by atoms with E-state index in [4.69, 9.17) is 0 Å². The number of thiazole rings is 1. The zero-order valence-electron chi connectivity index (χ0n) is 18.9. The van der Waals surface area contributed by atoms with Crippen LogP contribution in [0.1, 0.15) is 12.8 Å². The fourth-order valence-corrected chi connectivity index (χ4v) is 6.41. The van der Waals surface area contributed by atoms with Crippen molar-refractivity contribution in [3.05, 3.63) is 54.1 Å². The van der Waals surface area contributed by atoms with Crippen LogP contribution in [-0.4, -0.2) is 68.8 Å². The Morgan fingerprint density at radius 1 is 1.06 bits per heavy atom. The van der Waals surface area contributed by atoms with Crippen molar-refractivity contribution in [3.8, 4) is 0 Å². The average molecular weight is 509 g/mol. The summed E-state index contributed by atoms with van der Waals surface area (Å²) in [4.78, 5) is 21.7. The monoisotopic (exact) mass is 508 g/mol. The molecular formula is C23H26F2N4O3S2. The molecule has 3 aromatic rings. The Hall–Kier alpha value is -2.47. The van der Waals surface area contributed by atoms with Gasteiger partial charge in [-0.05, 0) is 69.4 Å². The fraction of sp³-hybridized carbons (Fsp3) is 0.391. The van der Waals surface area contributed by atoms with Gasteiger partial charge in [0.2, 0.25) is 15.9 Å². The van der Waals surface area contributed by atoms with Crippen LogP contribution in [-0.2, 0) is 14.8 Å². The first-order chi connectivity index (χ1) is 16.1. The third-order valence-corrected chi connectivity index (χ3v) is 8.82. The molecule has 11 heteroatoms. The first-order valence-corrected chi connectivity index (χ1v) is 13.2. The Balaban J connectivity index is 1.50. The number of rotatable bonds is 7. The summed E-state index contributed by atoms with van der Waals surface area (Å²) in [5, 5.41) is 0.508. The lowest BCUT2D eigenvalue weighted by Crippen LogP contribution is -2.46. The molecule has 1 aromatic heterocycles. The first kappa shape index (κ1) is 24.6. The van der Waals surface area contributed by atoms with Crippen molar-refractivity contribution < 1.29 is 22.0 Å². The molecule has 182 valence electrons. The van der Waals surface area contributed by atoms with Gasteiger partial charge in [0, 0.05) is 32.1 Å². The molecule has 34 heavy (non-hydrogen) atoms. The molecule has 1 aliphatic rings. The van der Waals surface area contributed by atoms with Crippen molar-refractivity contribution in [3.63, 3.8) is 0 Å². The molecule has 0 saturated carbocycles. The largest absolute Gasteiger partial charge is 0.308 e. The Bertz CT molecular complexity index is 1270. The third-order valence-electron chi connectivity index (χ3n) is 5.86. The molecule has 0 bridgehead atoms. The van der Waals surface area contributed by atoms with Crippen molar-refractivity contribution in [1.29, 1.82) is 0 Å². The van der Waals surface area contributed by atoms with E-state index in [1.807, 2.05) is 19.0 Å². The van der Waals surface area contributed by atoms with Gasteiger partial charge in [0.25, 0.3) is 0 Å². The topological polar surface area (TPSA) is 73.8 Å². The maximum atomic E-state index is 13.6. The van der Waals surface area contributed by atoms with Gasteiger partial charge < -0.3 is 4.90 Å². The molecule has 0 radical (unpaired) electrons. The van der Waals surface area contributed by atoms with Gasteiger partial charge in [-0.3, -0.25) is 9.69 Å². The van der Waals surface area contributed by atoms with E-state index in [0.717, 1.165) is 12.1 Å². The van der Waals surface area contributed by atoms with Crippen LogP contribution in [0.4, 0.5) is 13.9 Å². The summed E-state index contributed by atoms with van der Waals surface area (Å²) < 4.78 is 54.6. The van der Waals surface area contributed by atoms with Crippen LogP contribution < -0.4 is 4.90 Å². The number of carbonyl (C=O) groups is 1. The summed E-state index contributed by atoms with van der Waals surface area (Å²) in [6.07, 6.45) is 0.745. The number of piperidine rings is 1. The quantitative estimate of drug-likeness (QED) is 0.488. The van der Waals surface area contributed by atoms with Gasteiger partial charge in [0.15, 0.2) is 5.13 Å². The predicted octanol–water partition coefficient (Wildman–Crippen LogP) is 3.57. The Labute approximate surface area is 201 Å². The number of amides is 1.